The van der Waals surface area contributed by atoms with Crippen LogP contribution in [0.1, 0.15) is 40.5 Å². The summed E-state index contributed by atoms with van der Waals surface area (Å²) >= 11 is 0. The predicted molar refractivity (Wildman–Crippen MR) is 106 cm³/mol. The van der Waals surface area contributed by atoms with Crippen LogP contribution in [-0.4, -0.2) is 15.6 Å². The van der Waals surface area contributed by atoms with Gasteiger partial charge in [0.05, 0.1) is 21.6 Å². The van der Waals surface area contributed by atoms with Gasteiger partial charge in [0.25, 0.3) is 5.69 Å². The molecule has 1 N–H and O–H groups in total. The van der Waals surface area contributed by atoms with Crippen molar-refractivity contribution >= 4 is 22.8 Å². The van der Waals surface area contributed by atoms with Crippen molar-refractivity contribution in [2.24, 2.45) is 16.4 Å². The number of rotatable bonds is 6. The maximum absolute atomic E-state index is 11.2. The highest BCUT2D eigenvalue weighted by Gasteiger charge is 2.27. The minimum absolute atomic E-state index is 0.107. The fourth-order valence-electron chi connectivity index (χ4n) is 2.91. The molecular weight excluding hydrogens is 348 g/mol. The topological polar surface area (TPSA) is 111 Å². The van der Waals surface area contributed by atoms with Crippen LogP contribution in [0.4, 0.5) is 17.1 Å². The molecule has 0 bridgehead atoms. The van der Waals surface area contributed by atoms with Crippen LogP contribution in [0.2, 0.25) is 0 Å². The van der Waals surface area contributed by atoms with Gasteiger partial charge in [0.1, 0.15) is 5.69 Å². The first-order valence-electron chi connectivity index (χ1n) is 8.70. The Hall–Kier alpha value is -3.03. The third kappa shape index (κ3) is 4.99. The van der Waals surface area contributed by atoms with E-state index in [1.54, 1.807) is 0 Å². The van der Waals surface area contributed by atoms with Gasteiger partial charge in [-0.25, -0.2) is 0 Å². The lowest BCUT2D eigenvalue weighted by molar-refractivity contribution is -0.393. The Kier molecular flexibility index (Phi) is 6.09. The lowest BCUT2D eigenvalue weighted by Gasteiger charge is -2.33. The van der Waals surface area contributed by atoms with Gasteiger partial charge in [-0.05, 0) is 43.7 Å². The van der Waals surface area contributed by atoms with E-state index in [4.69, 9.17) is 0 Å². The number of anilines is 1. The Morgan fingerprint density at radius 3 is 2.56 bits per heavy atom. The van der Waals surface area contributed by atoms with E-state index in [2.05, 4.69) is 42.6 Å². The number of hydrogen-bond donors (Lipinski definition) is 1. The average Bonchev–Trinajstić information content (AvgIpc) is 2.60. The molecule has 0 aliphatic heterocycles. The molecule has 8 heteroatoms. The van der Waals surface area contributed by atoms with Crippen molar-refractivity contribution in [1.29, 1.82) is 0 Å². The minimum atomic E-state index is -0.669. The Bertz CT molecular complexity index is 840. The first kappa shape index (κ1) is 20.3. The molecule has 0 spiro atoms. The number of nitro groups is 2. The summed E-state index contributed by atoms with van der Waals surface area (Å²) in [6, 6.07) is 3.42. The summed E-state index contributed by atoms with van der Waals surface area (Å²) in [5, 5.41) is 26.2. The van der Waals surface area contributed by atoms with E-state index < -0.39 is 15.5 Å². The SMILES string of the molecule is CC(=N/Nc1ccc([N+](=O)[O-])cc1[N+](=O)[O-])/C(C)=C/[C@@H]1C=CCCC1(C)C. The third-order valence-corrected chi connectivity index (χ3v) is 4.93. The predicted octanol–water partition coefficient (Wildman–Crippen LogP) is 5.23. The minimum Gasteiger partial charge on any atom is -0.271 e. The quantitative estimate of drug-likeness (QED) is 0.318. The number of nitrogens with one attached hydrogen (secondary N) is 1. The van der Waals surface area contributed by atoms with E-state index in [0.29, 0.717) is 11.6 Å². The van der Waals surface area contributed by atoms with E-state index in [-0.39, 0.29) is 16.8 Å². The fourth-order valence-corrected chi connectivity index (χ4v) is 2.91. The molecule has 27 heavy (non-hydrogen) atoms. The molecular formula is C19H24N4O4. The van der Waals surface area contributed by atoms with Crippen molar-refractivity contribution in [2.45, 2.75) is 40.5 Å². The molecule has 1 atom stereocenters. The van der Waals surface area contributed by atoms with Gasteiger partial charge in [-0.2, -0.15) is 5.10 Å². The van der Waals surface area contributed by atoms with E-state index in [1.165, 1.54) is 12.1 Å². The first-order valence-corrected chi connectivity index (χ1v) is 8.70. The summed E-state index contributed by atoms with van der Waals surface area (Å²) in [6.45, 7) is 8.23. The summed E-state index contributed by atoms with van der Waals surface area (Å²) in [6.07, 6.45) is 8.73. The Morgan fingerprint density at radius 1 is 1.26 bits per heavy atom. The van der Waals surface area contributed by atoms with E-state index in [9.17, 15) is 20.2 Å². The Labute approximate surface area is 158 Å². The molecule has 0 saturated heterocycles. The molecule has 8 nitrogen and oxygen atoms in total. The van der Waals surface area contributed by atoms with Gasteiger partial charge in [-0.15, -0.1) is 0 Å². The van der Waals surface area contributed by atoms with Crippen molar-refractivity contribution in [3.63, 3.8) is 0 Å². The fraction of sp³-hybridized carbons (Fsp3) is 0.421. The van der Waals surface area contributed by atoms with Crippen molar-refractivity contribution in [1.82, 2.24) is 0 Å². The summed E-state index contributed by atoms with van der Waals surface area (Å²) in [5.74, 6) is 0.296. The molecule has 0 aromatic heterocycles. The molecule has 1 aliphatic carbocycles. The number of hydrogen-bond acceptors (Lipinski definition) is 6. The van der Waals surface area contributed by atoms with Gasteiger partial charge >= 0.3 is 5.69 Å². The van der Waals surface area contributed by atoms with Crippen molar-refractivity contribution < 1.29 is 9.85 Å². The molecule has 0 radical (unpaired) electrons. The lowest BCUT2D eigenvalue weighted by Crippen LogP contribution is -2.23. The summed E-state index contributed by atoms with van der Waals surface area (Å²) in [4.78, 5) is 20.7. The molecule has 0 unspecified atom stereocenters. The monoisotopic (exact) mass is 372 g/mol. The van der Waals surface area contributed by atoms with Crippen LogP contribution in [0.5, 0.6) is 0 Å². The standard InChI is InChI=1S/C19H24N4O4/c1-13(11-15-7-5-6-10-19(15,3)4)14(2)20-21-17-9-8-16(22(24)25)12-18(17)23(26)27/h5,7-9,11-12,15,21H,6,10H2,1-4H3/b13-11+,20-14-/t15-/m0/s1. The maximum Gasteiger partial charge on any atom is 0.301 e. The highest BCUT2D eigenvalue weighted by molar-refractivity contribution is 5.98. The van der Waals surface area contributed by atoms with Crippen LogP contribution in [0.3, 0.4) is 0 Å². The van der Waals surface area contributed by atoms with Gasteiger partial charge in [0.2, 0.25) is 0 Å². The molecule has 0 fully saturated rings. The molecule has 144 valence electrons. The van der Waals surface area contributed by atoms with Gasteiger partial charge in [-0.3, -0.25) is 25.7 Å². The van der Waals surface area contributed by atoms with Crippen LogP contribution in [0, 0.1) is 31.6 Å². The number of nitrogens with zero attached hydrogens (tertiary/aromatic N) is 3. The molecule has 0 saturated carbocycles. The molecule has 1 aromatic carbocycles. The van der Waals surface area contributed by atoms with Crippen molar-refractivity contribution in [3.8, 4) is 0 Å². The Balaban J connectivity index is 2.23. The zero-order valence-electron chi connectivity index (χ0n) is 15.9. The molecule has 0 heterocycles. The van der Waals surface area contributed by atoms with E-state index >= 15 is 0 Å². The number of nitro benzene ring substituents is 2. The first-order chi connectivity index (χ1) is 12.6. The molecule has 1 aliphatic rings. The number of allylic oxidation sites excluding steroid dienone is 4. The van der Waals surface area contributed by atoms with Crippen LogP contribution in [-0.2, 0) is 0 Å². The zero-order valence-corrected chi connectivity index (χ0v) is 15.9. The largest absolute Gasteiger partial charge is 0.301 e. The van der Waals surface area contributed by atoms with Crippen molar-refractivity contribution in [3.05, 3.63) is 62.2 Å². The molecule has 1 aromatic rings. The van der Waals surface area contributed by atoms with Gasteiger partial charge < -0.3 is 0 Å². The molecule has 2 rings (SSSR count). The highest BCUT2D eigenvalue weighted by Crippen LogP contribution is 2.38. The van der Waals surface area contributed by atoms with Gasteiger partial charge in [0.15, 0.2) is 0 Å². The molecule has 0 amide bonds. The lowest BCUT2D eigenvalue weighted by atomic mass is 9.71. The summed E-state index contributed by atoms with van der Waals surface area (Å²) in [7, 11) is 0. The van der Waals surface area contributed by atoms with E-state index in [1.807, 2.05) is 13.8 Å². The summed E-state index contributed by atoms with van der Waals surface area (Å²) < 4.78 is 0. The smallest absolute Gasteiger partial charge is 0.271 e. The second-order valence-electron chi connectivity index (χ2n) is 7.36. The maximum atomic E-state index is 11.2. The second kappa shape index (κ2) is 8.11. The Morgan fingerprint density at radius 2 is 1.96 bits per heavy atom. The van der Waals surface area contributed by atoms with E-state index in [0.717, 1.165) is 24.5 Å². The number of non-ortho nitro benzene ring substituents is 1. The number of benzene rings is 1. The van der Waals surface area contributed by atoms with Crippen LogP contribution in [0.15, 0.2) is 47.1 Å². The second-order valence-corrected chi connectivity index (χ2v) is 7.36. The highest BCUT2D eigenvalue weighted by atomic mass is 16.6. The van der Waals surface area contributed by atoms with Crippen LogP contribution < -0.4 is 5.43 Å². The normalized spacial score (nSPS) is 19.6. The van der Waals surface area contributed by atoms with Gasteiger partial charge in [0, 0.05) is 12.0 Å². The number of hydrazone groups is 1. The average molecular weight is 372 g/mol. The van der Waals surface area contributed by atoms with Crippen LogP contribution in [0.25, 0.3) is 0 Å². The zero-order chi connectivity index (χ0) is 20.2. The summed E-state index contributed by atoms with van der Waals surface area (Å²) in [5.41, 5.74) is 3.87. The van der Waals surface area contributed by atoms with Crippen LogP contribution >= 0.6 is 0 Å². The third-order valence-electron chi connectivity index (χ3n) is 4.93. The van der Waals surface area contributed by atoms with Crippen molar-refractivity contribution in [2.75, 3.05) is 5.43 Å². The van der Waals surface area contributed by atoms with Gasteiger partial charge in [-0.1, -0.05) is 32.1 Å².